The summed E-state index contributed by atoms with van der Waals surface area (Å²) in [7, 11) is 0. The second-order valence-corrected chi connectivity index (χ2v) is 46.0. The van der Waals surface area contributed by atoms with E-state index >= 15 is 0 Å². The molecular formula is C85H106Br2N14O15S9. The summed E-state index contributed by atoms with van der Waals surface area (Å²) in [5, 5.41) is 28.6. The molecule has 6 aromatic heterocycles. The van der Waals surface area contributed by atoms with Crippen molar-refractivity contribution in [1.29, 1.82) is 5.26 Å². The molecule has 12 aliphatic heterocycles. The van der Waals surface area contributed by atoms with Crippen molar-refractivity contribution in [3.05, 3.63) is 136 Å². The lowest BCUT2D eigenvalue weighted by molar-refractivity contribution is -0.153. The Balaban J connectivity index is 0.000000133. The largest absolute Gasteiger partial charge is 0.460 e. The summed E-state index contributed by atoms with van der Waals surface area (Å²) in [6, 6.07) is 15.4. The maximum Gasteiger partial charge on any atom is 0.426 e. The molecule has 2 amide bonds. The molecule has 674 valence electrons. The SMILES string of the molecule is C[C@H]1OCC2=NOC[C@@H]21.C[C@H]1OC[C@]2(c3cc(Br)cs3)COC[C@H]12.C[C@H]1OC[C@]2(c3cc(Br)cs3)N=C(N)SC[C@H]12.C[C@H]1OC[C@]2(c3cc(CC(=O)c4ccc(C#N)cn4)cs3)N=C(N)SC[C@H]12.C[C@H]1OC[C@]2(c3cc(N)cs3)N=C(CC(=O)OC(C)(C)C)SC[C@H]12.C[C@H]1OC[C@]2(c3cc(N=[N+]=[N-])cs3)N=C(N(C(=O)OC(C)(C)C)C(=O)OC(C)(C)C)SC[C@H]12. The van der Waals surface area contributed by atoms with E-state index in [-0.39, 0.29) is 83.6 Å². The molecular weight excluding hydrogens is 1910 g/mol. The highest BCUT2D eigenvalue weighted by Crippen LogP contribution is 2.55. The number of anilines is 1. The van der Waals surface area contributed by atoms with Crippen molar-refractivity contribution in [2.24, 2.45) is 77.2 Å². The van der Waals surface area contributed by atoms with E-state index < -0.39 is 45.6 Å². The lowest BCUT2D eigenvalue weighted by Crippen LogP contribution is -2.49. The maximum atomic E-state index is 13.1. The summed E-state index contributed by atoms with van der Waals surface area (Å²) in [5.41, 5.74) is 26.8. The lowest BCUT2D eigenvalue weighted by Gasteiger charge is -2.37. The highest BCUT2D eigenvalue weighted by molar-refractivity contribution is 9.10. The number of aliphatic imine (C=N–C) groups is 4. The molecule has 0 unspecified atom stereocenters. The fourth-order valence-corrected chi connectivity index (χ4v) is 28.1. The molecule has 7 saturated heterocycles. The van der Waals surface area contributed by atoms with Crippen LogP contribution in [0.15, 0.2) is 115 Å². The van der Waals surface area contributed by atoms with Gasteiger partial charge in [-0.05, 0) is 195 Å². The van der Waals surface area contributed by atoms with Crippen molar-refractivity contribution in [3.8, 4) is 6.07 Å². The number of Topliss-reactive ketones (excluding diaryl/α,β-unsaturated/α-hetero) is 1. The van der Waals surface area contributed by atoms with Gasteiger partial charge in [0.1, 0.15) is 57.3 Å². The molecule has 0 bridgehead atoms. The molecule has 17 atom stereocenters. The van der Waals surface area contributed by atoms with Crippen molar-refractivity contribution >= 4 is 197 Å². The number of ether oxygens (including phenoxy) is 10. The van der Waals surface area contributed by atoms with Gasteiger partial charge in [-0.1, -0.05) is 45.6 Å². The summed E-state index contributed by atoms with van der Waals surface area (Å²) in [6.45, 7) is 34.3. The van der Waals surface area contributed by atoms with E-state index in [4.69, 9.17) is 100 Å². The first kappa shape index (κ1) is 96.5. The Morgan fingerprint density at radius 1 is 0.568 bits per heavy atom. The molecule has 0 aromatic carbocycles. The van der Waals surface area contributed by atoms with Gasteiger partial charge in [0, 0.05) is 136 Å². The molecule has 125 heavy (non-hydrogen) atoms. The van der Waals surface area contributed by atoms with Gasteiger partial charge in [0.25, 0.3) is 0 Å². The number of imide groups is 1. The van der Waals surface area contributed by atoms with Crippen molar-refractivity contribution in [2.45, 2.75) is 198 Å². The fraction of sp³-hybridized carbons (Fsp3) is 0.588. The van der Waals surface area contributed by atoms with Crippen LogP contribution in [0.4, 0.5) is 21.0 Å². The number of nitrogen functional groups attached to an aromatic ring is 1. The molecule has 18 rings (SSSR count). The standard InChI is InChI=1S/C21H29N5O5S2.C19H18N4O2S2.C17H24N2O3S2.C11H13BrN2OS2.C11H13BrO2S.C6H9NO2/c1-12-14-10-33-16(23-21(14,11-29-12)15-8-13(9-32-15)24-25-22)26(17(27)30-19(2,3)4)18(28)31-20(5,6)7;1-11-14-9-27-18(21)23-19(14,10-25-11)17-5-13(8-26-17)4-16(24)15-3-2-12(6-20)7-22-15;1-10-12-8-24-14(6-15(20)22-16(2,3)4)19-17(12,9-21-10)13-5-11(18)7-23-13;1-6-8-4-17-10(13)14-11(8,5-15-6)9-2-7(12)3-16-9;1-7-9-3-13-5-11(9,6-14-7)10-2-8(12)4-15-10;1-4-5-2-9-7-6(5)3-8-4/h8-9,12,14H,10-11H2,1-7H3;2-3,5,7-8,11,14H,4,9-10H2,1H3,(H2,21,23);5,7,10,12H,6,8-9,18H2,1-4H3;2-3,6,8H,4-5H2,1H3,(H2,13,14);2,4,7,9H,3,5-6H2,1H3;4-5H,2-3H2,1H3/t12-,14-,21+;11-,14-,19+;10-,12-,17+;6-,8-,11+;7-,9-,11-;4-,5-/m111111/s1. The van der Waals surface area contributed by atoms with Crippen molar-refractivity contribution in [1.82, 2.24) is 9.88 Å². The van der Waals surface area contributed by atoms with E-state index in [1.807, 2.05) is 68.0 Å². The lowest BCUT2D eigenvalue weighted by atomic mass is 9.77. The van der Waals surface area contributed by atoms with Gasteiger partial charge in [0.15, 0.2) is 21.3 Å². The van der Waals surface area contributed by atoms with Gasteiger partial charge in [0.2, 0.25) is 0 Å². The smallest absolute Gasteiger partial charge is 0.426 e. The topological polar surface area (TPSA) is 398 Å². The number of oxime groups is 1. The number of thiophene rings is 5. The van der Waals surface area contributed by atoms with Crippen LogP contribution in [0, 0.1) is 46.8 Å². The Morgan fingerprint density at radius 3 is 1.58 bits per heavy atom. The van der Waals surface area contributed by atoms with Gasteiger partial charge in [-0.2, -0.15) is 10.2 Å². The molecule has 6 N–H and O–H groups in total. The summed E-state index contributed by atoms with van der Waals surface area (Å²) < 4.78 is 59.1. The van der Waals surface area contributed by atoms with Crippen LogP contribution < -0.4 is 17.2 Å². The van der Waals surface area contributed by atoms with Crippen LogP contribution >= 0.6 is 136 Å². The second kappa shape index (κ2) is 40.0. The Morgan fingerprint density at radius 2 is 1.06 bits per heavy atom. The van der Waals surface area contributed by atoms with Crippen LogP contribution in [0.1, 0.15) is 156 Å². The number of ketones is 1. The third kappa shape index (κ3) is 21.9. The molecule has 0 saturated carbocycles. The zero-order chi connectivity index (χ0) is 89.9. The Bertz CT molecular complexity index is 5140. The van der Waals surface area contributed by atoms with E-state index in [1.165, 1.54) is 43.5 Å². The average molecular weight is 2010 g/mol. The summed E-state index contributed by atoms with van der Waals surface area (Å²) in [4.78, 5) is 88.7. The van der Waals surface area contributed by atoms with E-state index in [2.05, 4.69) is 110 Å². The van der Waals surface area contributed by atoms with Crippen molar-refractivity contribution in [3.63, 3.8) is 0 Å². The molecule has 18 heterocycles. The predicted molar refractivity (Wildman–Crippen MR) is 506 cm³/mol. The summed E-state index contributed by atoms with van der Waals surface area (Å²) in [5.74, 6) is 5.00. The minimum absolute atomic E-state index is 0.00272. The van der Waals surface area contributed by atoms with Gasteiger partial charge in [0.05, 0.1) is 124 Å². The number of carbonyl (C=O) groups is 4. The van der Waals surface area contributed by atoms with Gasteiger partial charge in [-0.15, -0.1) is 68.4 Å². The minimum Gasteiger partial charge on any atom is -0.460 e. The summed E-state index contributed by atoms with van der Waals surface area (Å²) >= 11 is 21.3. The van der Waals surface area contributed by atoms with Gasteiger partial charge in [-0.25, -0.2) is 24.6 Å². The number of nitriles is 1. The highest BCUT2D eigenvalue weighted by atomic mass is 79.9. The van der Waals surface area contributed by atoms with Gasteiger partial charge < -0.3 is 69.4 Å². The predicted octanol–water partition coefficient (Wildman–Crippen LogP) is 18.4. The number of carbonyl (C=O) groups excluding carboxylic acids is 4. The number of esters is 1. The molecule has 0 spiro atoms. The fourth-order valence-electron chi connectivity index (χ4n) is 16.7. The molecule has 40 heteroatoms. The maximum absolute atomic E-state index is 13.1. The third-order valence-corrected chi connectivity index (χ3v) is 34.4. The Hall–Kier alpha value is -6.04. The third-order valence-electron chi connectivity index (χ3n) is 23.3. The van der Waals surface area contributed by atoms with Crippen LogP contribution in [0.3, 0.4) is 0 Å². The number of hydrogen-bond acceptors (Lipinski definition) is 35. The number of amidine groups is 3. The Labute approximate surface area is 782 Å². The van der Waals surface area contributed by atoms with E-state index in [0.29, 0.717) is 95.3 Å². The van der Waals surface area contributed by atoms with Gasteiger partial charge in [-0.3, -0.25) is 19.6 Å². The van der Waals surface area contributed by atoms with E-state index in [0.717, 1.165) is 89.7 Å². The molecule has 0 radical (unpaired) electrons. The zero-order valence-electron chi connectivity index (χ0n) is 72.2. The number of pyridine rings is 1. The molecule has 0 aliphatic carbocycles. The van der Waals surface area contributed by atoms with Crippen LogP contribution in [0.5, 0.6) is 0 Å². The number of azide groups is 1. The summed E-state index contributed by atoms with van der Waals surface area (Å²) in [6.07, 6.45) is 1.27. The number of nitrogens with zero attached hydrogens (tertiary/aromatic N) is 11. The van der Waals surface area contributed by atoms with Crippen LogP contribution in [0.2, 0.25) is 0 Å². The van der Waals surface area contributed by atoms with Gasteiger partial charge >= 0.3 is 18.2 Å². The number of thioether (sulfide) groups is 4. The van der Waals surface area contributed by atoms with Crippen molar-refractivity contribution < 1.29 is 71.4 Å². The number of rotatable bonds is 11. The number of nitrogens with two attached hydrogens (primary N) is 3. The van der Waals surface area contributed by atoms with Crippen molar-refractivity contribution in [2.75, 3.05) is 88.2 Å². The average Bonchev–Trinajstić information content (AvgIpc) is 1.61. The zero-order valence-corrected chi connectivity index (χ0v) is 82.8. The number of amides is 2. The van der Waals surface area contributed by atoms with Crippen LogP contribution in [-0.2, 0) is 91.0 Å². The first-order valence-electron chi connectivity index (χ1n) is 41.0. The number of hydrogen-bond donors (Lipinski definition) is 3. The number of aromatic nitrogens is 1. The first-order valence-corrected chi connectivity index (χ1v) is 50.9. The van der Waals surface area contributed by atoms with Crippen LogP contribution in [0.25, 0.3) is 10.4 Å². The first-order chi connectivity index (χ1) is 59.2. The normalized spacial score (nSPS) is 30.7. The number of fused-ring (bicyclic) bond motifs is 6. The quantitative estimate of drug-likeness (QED) is 0.0271. The van der Waals surface area contributed by atoms with Crippen LogP contribution in [-0.4, -0.2) is 196 Å². The highest BCUT2D eigenvalue weighted by Gasteiger charge is 2.58. The van der Waals surface area contributed by atoms with E-state index in [1.54, 1.807) is 134 Å². The second-order valence-electron chi connectivity index (χ2n) is 35.4. The molecule has 12 aliphatic rings. The molecule has 6 aromatic rings. The Kier molecular flexibility index (Phi) is 30.9. The monoisotopic (exact) mass is 2010 g/mol. The molecule has 29 nitrogen and oxygen atoms in total. The molecule has 7 fully saturated rings. The number of halogens is 2. The van der Waals surface area contributed by atoms with E-state index in [9.17, 15) is 19.2 Å². The minimum atomic E-state index is -0.857.